The normalized spacial score (nSPS) is 18.5. The number of rotatable bonds is 3. The van der Waals surface area contributed by atoms with E-state index in [2.05, 4.69) is 16.3 Å². The van der Waals surface area contributed by atoms with Gasteiger partial charge in [0.05, 0.1) is 6.07 Å². The van der Waals surface area contributed by atoms with Gasteiger partial charge in [0.2, 0.25) is 5.91 Å². The van der Waals surface area contributed by atoms with E-state index >= 15 is 0 Å². The third-order valence-electron chi connectivity index (χ3n) is 4.02. The minimum absolute atomic E-state index is 0.254. The maximum absolute atomic E-state index is 12.9. The number of nitrogens with one attached hydrogen (secondary N) is 1. The summed E-state index contributed by atoms with van der Waals surface area (Å²) in [4.78, 5) is 14.5. The molecule has 0 bridgehead atoms. The fraction of sp³-hybridized carbons (Fsp3) is 0.412. The van der Waals surface area contributed by atoms with Crippen LogP contribution in [0, 0.1) is 17.1 Å². The number of likely N-dealkylation sites (tertiary alicyclic amines) is 1. The van der Waals surface area contributed by atoms with E-state index in [0.717, 1.165) is 18.7 Å². The zero-order valence-corrected chi connectivity index (χ0v) is 12.9. The largest absolute Gasteiger partial charge is 0.334 e. The molecule has 22 heavy (non-hydrogen) atoms. The van der Waals surface area contributed by atoms with Crippen molar-refractivity contribution in [2.45, 2.75) is 25.3 Å². The first-order valence-electron chi connectivity index (χ1n) is 7.30. The van der Waals surface area contributed by atoms with Gasteiger partial charge in [0.1, 0.15) is 11.4 Å². The molecule has 0 aliphatic carbocycles. The van der Waals surface area contributed by atoms with Gasteiger partial charge in [-0.15, -0.1) is 0 Å². The molecule has 1 N–H and O–H groups in total. The number of benzene rings is 1. The molecule has 5 heteroatoms. The monoisotopic (exact) mass is 301 g/mol. The Hall–Kier alpha value is -2.19. The van der Waals surface area contributed by atoms with Crippen LogP contribution in [0.15, 0.2) is 29.8 Å². The Labute approximate surface area is 130 Å². The summed E-state index contributed by atoms with van der Waals surface area (Å²) >= 11 is 0. The number of hydrogen-bond acceptors (Lipinski definition) is 3. The van der Waals surface area contributed by atoms with Crippen molar-refractivity contribution in [3.63, 3.8) is 0 Å². The molecule has 1 aromatic rings. The highest BCUT2D eigenvalue weighted by atomic mass is 19.1. The number of nitriles is 1. The highest BCUT2D eigenvalue weighted by molar-refractivity contribution is 5.97. The van der Waals surface area contributed by atoms with Crippen LogP contribution in [0.1, 0.15) is 25.3 Å². The Bertz CT molecular complexity index is 608. The fourth-order valence-electron chi connectivity index (χ4n) is 2.46. The van der Waals surface area contributed by atoms with Crippen molar-refractivity contribution >= 4 is 12.0 Å². The van der Waals surface area contributed by atoms with Crippen LogP contribution >= 0.6 is 0 Å². The summed E-state index contributed by atoms with van der Waals surface area (Å²) in [7, 11) is 2.00. The molecule has 2 rings (SSSR count). The zero-order valence-electron chi connectivity index (χ0n) is 12.9. The van der Waals surface area contributed by atoms with Gasteiger partial charge >= 0.3 is 0 Å². The van der Waals surface area contributed by atoms with Gasteiger partial charge in [0, 0.05) is 18.7 Å². The van der Waals surface area contributed by atoms with Gasteiger partial charge in [-0.25, -0.2) is 4.39 Å². The van der Waals surface area contributed by atoms with E-state index in [0.29, 0.717) is 18.4 Å². The van der Waals surface area contributed by atoms with Crippen molar-refractivity contribution in [1.82, 2.24) is 10.2 Å². The van der Waals surface area contributed by atoms with E-state index in [1.165, 1.54) is 12.1 Å². The smallest absolute Gasteiger partial charge is 0.248 e. The molecule has 116 valence electrons. The number of carbonyl (C=O) groups excluding carboxylic acids is 1. The van der Waals surface area contributed by atoms with Crippen LogP contribution in [0.2, 0.25) is 0 Å². The lowest BCUT2D eigenvalue weighted by Gasteiger charge is -2.36. The first kappa shape index (κ1) is 16.2. The molecule has 0 unspecified atom stereocenters. The quantitative estimate of drug-likeness (QED) is 0.872. The topological polar surface area (TPSA) is 56.1 Å². The van der Waals surface area contributed by atoms with Gasteiger partial charge in [-0.2, -0.15) is 5.26 Å². The number of amides is 1. The summed E-state index contributed by atoms with van der Waals surface area (Å²) in [5.41, 5.74) is 0.463. The molecule has 1 heterocycles. The molecule has 1 amide bonds. The average molecular weight is 301 g/mol. The molecule has 4 nitrogen and oxygen atoms in total. The fourth-order valence-corrected chi connectivity index (χ4v) is 2.46. The average Bonchev–Trinajstić information content (AvgIpc) is 2.52. The summed E-state index contributed by atoms with van der Waals surface area (Å²) in [5.74, 6) is -0.565. The predicted octanol–water partition coefficient (Wildman–Crippen LogP) is 2.33. The van der Waals surface area contributed by atoms with Crippen molar-refractivity contribution < 1.29 is 9.18 Å². The number of halogens is 1. The summed E-state index contributed by atoms with van der Waals surface area (Å²) < 4.78 is 12.9. The highest BCUT2D eigenvalue weighted by Gasteiger charge is 2.35. The summed E-state index contributed by atoms with van der Waals surface area (Å²) in [5, 5.41) is 12.3. The first-order valence-corrected chi connectivity index (χ1v) is 7.30. The lowest BCUT2D eigenvalue weighted by Crippen LogP contribution is -2.54. The van der Waals surface area contributed by atoms with Crippen LogP contribution in [0.25, 0.3) is 6.08 Å². The molecular weight excluding hydrogens is 281 g/mol. The van der Waals surface area contributed by atoms with Gasteiger partial charge in [0.15, 0.2) is 0 Å². The summed E-state index contributed by atoms with van der Waals surface area (Å²) in [6.45, 7) is 3.27. The molecule has 0 atom stereocenters. The summed E-state index contributed by atoms with van der Waals surface area (Å²) in [6, 6.07) is 8.19. The van der Waals surface area contributed by atoms with Crippen LogP contribution in [0.3, 0.4) is 0 Å². The van der Waals surface area contributed by atoms with Gasteiger partial charge in [-0.3, -0.25) is 4.79 Å². The zero-order chi connectivity index (χ0) is 16.2. The van der Waals surface area contributed by atoms with E-state index in [9.17, 15) is 14.4 Å². The van der Waals surface area contributed by atoms with Crippen molar-refractivity contribution in [3.8, 4) is 6.07 Å². The Morgan fingerprint density at radius 2 is 1.95 bits per heavy atom. The van der Waals surface area contributed by atoms with Gasteiger partial charge in [-0.1, -0.05) is 12.1 Å². The third-order valence-corrected chi connectivity index (χ3v) is 4.02. The Morgan fingerprint density at radius 1 is 1.36 bits per heavy atom. The van der Waals surface area contributed by atoms with Crippen LogP contribution in [-0.2, 0) is 4.79 Å². The second kappa shape index (κ2) is 6.71. The van der Waals surface area contributed by atoms with Crippen molar-refractivity contribution in [1.29, 1.82) is 5.26 Å². The third kappa shape index (κ3) is 3.92. The van der Waals surface area contributed by atoms with E-state index in [-0.39, 0.29) is 11.7 Å². The number of carbonyl (C=O) groups is 1. The van der Waals surface area contributed by atoms with Crippen molar-refractivity contribution in [2.24, 2.45) is 0 Å². The molecule has 1 saturated heterocycles. The first-order chi connectivity index (χ1) is 10.4. The van der Waals surface area contributed by atoms with Crippen molar-refractivity contribution in [2.75, 3.05) is 20.1 Å². The maximum atomic E-state index is 12.9. The van der Waals surface area contributed by atoms with Gasteiger partial charge < -0.3 is 10.2 Å². The minimum atomic E-state index is -0.790. The molecule has 1 aliphatic rings. The van der Waals surface area contributed by atoms with Gasteiger partial charge in [0.25, 0.3) is 0 Å². The Kier molecular flexibility index (Phi) is 4.94. The molecule has 0 aromatic heterocycles. The minimum Gasteiger partial charge on any atom is -0.334 e. The lowest BCUT2D eigenvalue weighted by molar-refractivity contribution is -0.119. The predicted molar refractivity (Wildman–Crippen MR) is 83.3 cm³/mol. The second-order valence-corrected chi connectivity index (χ2v) is 5.83. The molecular formula is C17H20FN3O. The van der Waals surface area contributed by atoms with Crippen LogP contribution < -0.4 is 5.32 Å². The second-order valence-electron chi connectivity index (χ2n) is 5.83. The molecule has 1 aliphatic heterocycles. The number of piperidine rings is 1. The number of nitrogens with zero attached hydrogens (tertiary/aromatic N) is 2. The Balaban J connectivity index is 2.07. The molecule has 1 aromatic carbocycles. The van der Waals surface area contributed by atoms with Crippen LogP contribution in [0.5, 0.6) is 0 Å². The SMILES string of the molecule is CC(=Cc1ccc(F)cc1)C(=O)NC1(C#N)CCN(C)CC1. The maximum Gasteiger partial charge on any atom is 0.248 e. The van der Waals surface area contributed by atoms with E-state index in [1.807, 2.05) is 7.05 Å². The number of hydrogen-bond donors (Lipinski definition) is 1. The molecule has 1 fully saturated rings. The Morgan fingerprint density at radius 3 is 2.50 bits per heavy atom. The molecule has 0 radical (unpaired) electrons. The standard InChI is InChI=1S/C17H20FN3O/c1-13(11-14-3-5-15(18)6-4-14)16(22)20-17(12-19)7-9-21(2)10-8-17/h3-6,11H,7-10H2,1-2H3,(H,20,22). The van der Waals surface area contributed by atoms with E-state index in [1.54, 1.807) is 25.1 Å². The molecule has 0 saturated carbocycles. The molecule has 0 spiro atoms. The van der Waals surface area contributed by atoms with Gasteiger partial charge in [-0.05, 0) is 50.6 Å². The highest BCUT2D eigenvalue weighted by Crippen LogP contribution is 2.21. The van der Waals surface area contributed by atoms with Crippen LogP contribution in [0.4, 0.5) is 4.39 Å². The van der Waals surface area contributed by atoms with E-state index in [4.69, 9.17) is 0 Å². The lowest BCUT2D eigenvalue weighted by atomic mass is 9.89. The van der Waals surface area contributed by atoms with Crippen molar-refractivity contribution in [3.05, 3.63) is 41.2 Å². The van der Waals surface area contributed by atoms with Crippen LogP contribution in [-0.4, -0.2) is 36.5 Å². The van der Waals surface area contributed by atoms with E-state index < -0.39 is 5.54 Å². The summed E-state index contributed by atoms with van der Waals surface area (Å²) in [6.07, 6.45) is 2.93.